The molecule has 4 heterocycles. The van der Waals surface area contributed by atoms with Crippen molar-refractivity contribution in [2.24, 2.45) is 5.92 Å². The zero-order valence-electron chi connectivity index (χ0n) is 19.3. The summed E-state index contributed by atoms with van der Waals surface area (Å²) in [5, 5.41) is 15.7. The molecule has 3 aromatic rings. The van der Waals surface area contributed by atoms with Crippen molar-refractivity contribution in [1.29, 1.82) is 0 Å². The number of rotatable bonds is 4. The van der Waals surface area contributed by atoms with Gasteiger partial charge in [-0.05, 0) is 77.4 Å². The summed E-state index contributed by atoms with van der Waals surface area (Å²) in [5.74, 6) is 3.45. The van der Waals surface area contributed by atoms with Crippen molar-refractivity contribution in [3.63, 3.8) is 0 Å². The fraction of sp³-hybridized carbons (Fsp3) is 0.542. The van der Waals surface area contributed by atoms with Crippen LogP contribution in [0.4, 0.5) is 0 Å². The number of benzene rings is 1. The predicted octanol–water partition coefficient (Wildman–Crippen LogP) is 3.47. The molecule has 2 aliphatic rings. The van der Waals surface area contributed by atoms with Gasteiger partial charge in [0.25, 0.3) is 0 Å². The molecule has 2 aliphatic heterocycles. The Hall–Kier alpha value is -2.71. The van der Waals surface area contributed by atoms with E-state index >= 15 is 0 Å². The summed E-state index contributed by atoms with van der Waals surface area (Å²) in [6, 6.07) is 6.23. The Bertz CT molecular complexity index is 1110. The summed E-state index contributed by atoms with van der Waals surface area (Å²) in [6.45, 7) is 9.43. The third-order valence-electron chi connectivity index (χ3n) is 6.62. The van der Waals surface area contributed by atoms with Gasteiger partial charge in [-0.1, -0.05) is 6.07 Å². The van der Waals surface area contributed by atoms with Crippen molar-refractivity contribution in [2.75, 3.05) is 26.7 Å². The molecule has 8 nitrogen and oxygen atoms in total. The molecular formula is C24H32N6O2. The standard InChI is InChI=1S/C24H32N6O2/c1-15(2)30-24(25-16(3)27-30)20-14-29-11-12-32-21-6-5-18(13-19(21)23(29)26-20)22(31)17-7-9-28(4)10-8-17/h5-6,13-15,17,22,31H,7-12H2,1-4H3. The van der Waals surface area contributed by atoms with Gasteiger partial charge in [0.15, 0.2) is 5.82 Å². The van der Waals surface area contributed by atoms with Crippen LogP contribution in [0.15, 0.2) is 24.4 Å². The van der Waals surface area contributed by atoms with E-state index in [1.165, 1.54) is 0 Å². The van der Waals surface area contributed by atoms with Gasteiger partial charge in [-0.3, -0.25) is 0 Å². The van der Waals surface area contributed by atoms with Crippen LogP contribution in [0.25, 0.3) is 22.9 Å². The van der Waals surface area contributed by atoms with E-state index in [1.807, 2.05) is 29.9 Å². The monoisotopic (exact) mass is 436 g/mol. The fourth-order valence-corrected chi connectivity index (χ4v) is 4.78. The van der Waals surface area contributed by atoms with Gasteiger partial charge in [-0.2, -0.15) is 5.10 Å². The SMILES string of the molecule is Cc1nc(-c2cn3c(n2)-c2cc(C(O)C4CCN(C)CC4)ccc2OCC3)n(C(C)C)n1. The number of hydrogen-bond donors (Lipinski definition) is 1. The summed E-state index contributed by atoms with van der Waals surface area (Å²) >= 11 is 0. The Balaban J connectivity index is 1.52. The first-order valence-electron chi connectivity index (χ1n) is 11.5. The summed E-state index contributed by atoms with van der Waals surface area (Å²) in [4.78, 5) is 11.9. The first kappa shape index (κ1) is 21.2. The first-order valence-corrected chi connectivity index (χ1v) is 11.5. The van der Waals surface area contributed by atoms with E-state index in [0.717, 1.165) is 66.0 Å². The second-order valence-corrected chi connectivity index (χ2v) is 9.35. The zero-order chi connectivity index (χ0) is 22.4. The number of imidazole rings is 1. The lowest BCUT2D eigenvalue weighted by Crippen LogP contribution is -2.32. The molecule has 0 bridgehead atoms. The Morgan fingerprint density at radius 1 is 1.09 bits per heavy atom. The van der Waals surface area contributed by atoms with Gasteiger partial charge in [0.05, 0.1) is 18.2 Å². The summed E-state index contributed by atoms with van der Waals surface area (Å²) in [6.07, 6.45) is 3.57. The Kier molecular flexibility index (Phi) is 5.51. The number of likely N-dealkylation sites (tertiary alicyclic amines) is 1. The number of aromatic nitrogens is 5. The molecule has 0 saturated carbocycles. The first-order chi connectivity index (χ1) is 15.4. The lowest BCUT2D eigenvalue weighted by Gasteiger charge is -2.32. The van der Waals surface area contributed by atoms with Crippen molar-refractivity contribution in [3.05, 3.63) is 35.8 Å². The molecule has 8 heteroatoms. The van der Waals surface area contributed by atoms with Crippen molar-refractivity contribution < 1.29 is 9.84 Å². The molecule has 1 atom stereocenters. The lowest BCUT2D eigenvalue weighted by molar-refractivity contribution is 0.0657. The summed E-state index contributed by atoms with van der Waals surface area (Å²) in [5.41, 5.74) is 2.66. The fourth-order valence-electron chi connectivity index (χ4n) is 4.78. The molecule has 0 spiro atoms. The van der Waals surface area contributed by atoms with Gasteiger partial charge >= 0.3 is 0 Å². The minimum Gasteiger partial charge on any atom is -0.491 e. The highest BCUT2D eigenvalue weighted by atomic mass is 16.5. The van der Waals surface area contributed by atoms with Crippen molar-refractivity contribution in [3.8, 4) is 28.7 Å². The van der Waals surface area contributed by atoms with Gasteiger partial charge < -0.3 is 19.3 Å². The molecule has 1 aromatic carbocycles. The lowest BCUT2D eigenvalue weighted by atomic mass is 9.87. The molecule has 1 saturated heterocycles. The van der Waals surface area contributed by atoms with Crippen molar-refractivity contribution in [1.82, 2.24) is 29.2 Å². The maximum atomic E-state index is 11.1. The smallest absolute Gasteiger partial charge is 0.178 e. The quantitative estimate of drug-likeness (QED) is 0.675. The molecule has 0 radical (unpaired) electrons. The van der Waals surface area contributed by atoms with Crippen LogP contribution in [0.2, 0.25) is 0 Å². The van der Waals surface area contributed by atoms with E-state index < -0.39 is 6.10 Å². The third kappa shape index (κ3) is 3.82. The van der Waals surface area contributed by atoms with E-state index in [1.54, 1.807) is 0 Å². The average Bonchev–Trinajstić information content (AvgIpc) is 3.33. The van der Waals surface area contributed by atoms with Gasteiger partial charge in [0.2, 0.25) is 0 Å². The maximum absolute atomic E-state index is 11.1. The van der Waals surface area contributed by atoms with Crippen LogP contribution < -0.4 is 4.74 Å². The van der Waals surface area contributed by atoms with Gasteiger partial charge in [-0.15, -0.1) is 0 Å². The predicted molar refractivity (Wildman–Crippen MR) is 122 cm³/mol. The molecule has 170 valence electrons. The minimum absolute atomic E-state index is 0.194. The molecule has 5 rings (SSSR count). The second-order valence-electron chi connectivity index (χ2n) is 9.35. The van der Waals surface area contributed by atoms with Crippen LogP contribution in [0.3, 0.4) is 0 Å². The van der Waals surface area contributed by atoms with Gasteiger partial charge in [0, 0.05) is 12.2 Å². The number of aliphatic hydroxyl groups is 1. The van der Waals surface area contributed by atoms with Crippen LogP contribution >= 0.6 is 0 Å². The molecule has 1 fully saturated rings. The number of aliphatic hydroxyl groups excluding tert-OH is 1. The Labute approximate surface area is 188 Å². The van der Waals surface area contributed by atoms with E-state index in [4.69, 9.17) is 9.72 Å². The molecule has 1 N–H and O–H groups in total. The van der Waals surface area contributed by atoms with Crippen LogP contribution in [0.5, 0.6) is 5.75 Å². The zero-order valence-corrected chi connectivity index (χ0v) is 19.3. The van der Waals surface area contributed by atoms with E-state index in [-0.39, 0.29) is 12.0 Å². The molecule has 32 heavy (non-hydrogen) atoms. The molecular weight excluding hydrogens is 404 g/mol. The van der Waals surface area contributed by atoms with Crippen LogP contribution in [0.1, 0.15) is 50.2 Å². The number of piperidine rings is 1. The second kappa shape index (κ2) is 8.33. The topological polar surface area (TPSA) is 81.2 Å². The van der Waals surface area contributed by atoms with E-state index in [9.17, 15) is 5.11 Å². The molecule has 2 aromatic heterocycles. The molecule has 1 unspecified atom stereocenters. The van der Waals surface area contributed by atoms with E-state index in [2.05, 4.69) is 46.5 Å². The highest BCUT2D eigenvalue weighted by molar-refractivity contribution is 5.69. The number of ether oxygens (including phenoxy) is 1. The minimum atomic E-state index is -0.480. The molecule has 0 amide bonds. The average molecular weight is 437 g/mol. The number of aryl methyl sites for hydroxylation is 1. The Morgan fingerprint density at radius 3 is 2.62 bits per heavy atom. The van der Waals surface area contributed by atoms with Crippen LogP contribution in [-0.2, 0) is 6.54 Å². The number of hydrogen-bond acceptors (Lipinski definition) is 6. The van der Waals surface area contributed by atoms with E-state index in [0.29, 0.717) is 13.2 Å². The summed E-state index contributed by atoms with van der Waals surface area (Å²) in [7, 11) is 2.14. The van der Waals surface area contributed by atoms with Gasteiger partial charge in [-0.25, -0.2) is 14.6 Å². The van der Waals surface area contributed by atoms with Crippen molar-refractivity contribution >= 4 is 0 Å². The van der Waals surface area contributed by atoms with Crippen LogP contribution in [0, 0.1) is 12.8 Å². The molecule has 0 aliphatic carbocycles. The van der Waals surface area contributed by atoms with Crippen molar-refractivity contribution in [2.45, 2.75) is 52.3 Å². The Morgan fingerprint density at radius 2 is 1.88 bits per heavy atom. The van der Waals surface area contributed by atoms with Gasteiger partial charge in [0.1, 0.15) is 29.7 Å². The largest absolute Gasteiger partial charge is 0.491 e. The highest BCUT2D eigenvalue weighted by Gasteiger charge is 2.27. The normalized spacial score (nSPS) is 18.2. The third-order valence-corrected chi connectivity index (χ3v) is 6.62. The number of nitrogens with zero attached hydrogens (tertiary/aromatic N) is 6. The number of fused-ring (bicyclic) bond motifs is 3. The maximum Gasteiger partial charge on any atom is 0.178 e. The van der Waals surface area contributed by atoms with Crippen LogP contribution in [-0.4, -0.2) is 61.1 Å². The summed E-state index contributed by atoms with van der Waals surface area (Å²) < 4.78 is 10.1. The highest BCUT2D eigenvalue weighted by Crippen LogP contribution is 2.38.